The van der Waals surface area contributed by atoms with E-state index in [4.69, 9.17) is 21.1 Å². The van der Waals surface area contributed by atoms with E-state index in [9.17, 15) is 5.11 Å². The molecule has 1 aliphatic heterocycles. The lowest BCUT2D eigenvalue weighted by Gasteiger charge is -2.42. The molecule has 1 aliphatic rings. The summed E-state index contributed by atoms with van der Waals surface area (Å²) in [6.07, 6.45) is 0.683. The van der Waals surface area contributed by atoms with Gasteiger partial charge < -0.3 is 14.6 Å². The molecular weight excluding hydrogens is 264 g/mol. The fourth-order valence-corrected chi connectivity index (χ4v) is 2.96. The molecule has 106 valence electrons. The zero-order valence-corrected chi connectivity index (χ0v) is 12.6. The summed E-state index contributed by atoms with van der Waals surface area (Å²) in [6.45, 7) is 6.05. The molecule has 1 heterocycles. The van der Waals surface area contributed by atoms with Gasteiger partial charge in [-0.25, -0.2) is 0 Å². The highest BCUT2D eigenvalue weighted by molar-refractivity contribution is 6.30. The van der Waals surface area contributed by atoms with Crippen LogP contribution in [-0.2, 0) is 4.74 Å². The Morgan fingerprint density at radius 3 is 2.84 bits per heavy atom. The van der Waals surface area contributed by atoms with E-state index < -0.39 is 11.7 Å². The van der Waals surface area contributed by atoms with Gasteiger partial charge in [0, 0.05) is 30.5 Å². The van der Waals surface area contributed by atoms with Crippen LogP contribution in [0.15, 0.2) is 18.2 Å². The van der Waals surface area contributed by atoms with E-state index in [1.165, 1.54) is 0 Å². The Morgan fingerprint density at radius 2 is 2.21 bits per heavy atom. The second-order valence-corrected chi connectivity index (χ2v) is 6.53. The quantitative estimate of drug-likeness (QED) is 0.919. The third kappa shape index (κ3) is 3.22. The van der Waals surface area contributed by atoms with Crippen molar-refractivity contribution in [2.24, 2.45) is 0 Å². The van der Waals surface area contributed by atoms with Crippen LogP contribution in [-0.4, -0.2) is 23.4 Å². The molecule has 0 radical (unpaired) electrons. The summed E-state index contributed by atoms with van der Waals surface area (Å²) in [5.74, 6) is 0.706. The molecule has 3 nitrogen and oxygen atoms in total. The minimum absolute atomic E-state index is 0.293. The topological polar surface area (TPSA) is 38.7 Å². The number of benzene rings is 1. The Labute approximate surface area is 119 Å². The molecule has 0 aromatic heterocycles. The van der Waals surface area contributed by atoms with Gasteiger partial charge in [0.05, 0.1) is 11.7 Å². The average molecular weight is 285 g/mol. The molecule has 1 N–H and O–H groups in total. The Bertz CT molecular complexity index is 472. The number of aliphatic hydroxyl groups excluding tert-OH is 1. The van der Waals surface area contributed by atoms with Crippen LogP contribution in [0.25, 0.3) is 0 Å². The zero-order valence-electron chi connectivity index (χ0n) is 11.9. The van der Waals surface area contributed by atoms with Crippen molar-refractivity contribution >= 4 is 11.6 Å². The largest absolute Gasteiger partial charge is 0.487 e. The molecule has 1 unspecified atom stereocenters. The minimum Gasteiger partial charge on any atom is -0.487 e. The Kier molecular flexibility index (Phi) is 3.83. The number of hydrogen-bond acceptors (Lipinski definition) is 3. The van der Waals surface area contributed by atoms with E-state index in [-0.39, 0.29) is 5.60 Å². The van der Waals surface area contributed by atoms with Crippen molar-refractivity contribution in [3.05, 3.63) is 28.8 Å². The van der Waals surface area contributed by atoms with E-state index in [2.05, 4.69) is 0 Å². The molecule has 2 rings (SSSR count). The monoisotopic (exact) mass is 284 g/mol. The standard InChI is InChI=1S/C15H21ClO3/c1-14(2,18-4)9-15(3)8-12(17)11-7-10(16)5-6-13(11)19-15/h5-7,12,17H,8-9H2,1-4H3/t12-,15?/m1/s1. The van der Waals surface area contributed by atoms with E-state index in [1.54, 1.807) is 19.2 Å². The number of aliphatic hydroxyl groups is 1. The average Bonchev–Trinajstić information content (AvgIpc) is 2.29. The van der Waals surface area contributed by atoms with Crippen molar-refractivity contribution in [2.75, 3.05) is 7.11 Å². The Hall–Kier alpha value is -0.770. The Morgan fingerprint density at radius 1 is 1.53 bits per heavy atom. The second-order valence-electron chi connectivity index (χ2n) is 6.09. The van der Waals surface area contributed by atoms with Crippen molar-refractivity contribution in [2.45, 2.75) is 50.9 Å². The number of hydrogen-bond donors (Lipinski definition) is 1. The molecule has 1 aromatic rings. The first-order valence-electron chi connectivity index (χ1n) is 6.46. The molecule has 1 aromatic carbocycles. The SMILES string of the molecule is COC(C)(C)CC1(C)C[C@@H](O)c2cc(Cl)ccc2O1. The fourth-order valence-electron chi connectivity index (χ4n) is 2.78. The third-order valence-electron chi connectivity index (χ3n) is 3.66. The predicted molar refractivity (Wildman–Crippen MR) is 75.8 cm³/mol. The number of ether oxygens (including phenoxy) is 2. The lowest BCUT2D eigenvalue weighted by atomic mass is 9.82. The highest BCUT2D eigenvalue weighted by Gasteiger charge is 2.40. The predicted octanol–water partition coefficient (Wildman–Crippen LogP) is 3.73. The van der Waals surface area contributed by atoms with Crippen molar-refractivity contribution in [1.29, 1.82) is 0 Å². The summed E-state index contributed by atoms with van der Waals surface area (Å²) in [7, 11) is 1.69. The first-order valence-corrected chi connectivity index (χ1v) is 6.84. The summed E-state index contributed by atoms with van der Waals surface area (Å²) >= 11 is 5.96. The summed E-state index contributed by atoms with van der Waals surface area (Å²) in [5, 5.41) is 10.9. The van der Waals surface area contributed by atoms with Crippen molar-refractivity contribution in [3.63, 3.8) is 0 Å². The van der Waals surface area contributed by atoms with Crippen LogP contribution in [0.1, 0.15) is 45.3 Å². The molecule has 0 spiro atoms. The lowest BCUT2D eigenvalue weighted by Crippen LogP contribution is -2.44. The molecule has 4 heteroatoms. The zero-order chi connectivity index (χ0) is 14.3. The smallest absolute Gasteiger partial charge is 0.126 e. The van der Waals surface area contributed by atoms with Crippen molar-refractivity contribution in [1.82, 2.24) is 0 Å². The van der Waals surface area contributed by atoms with Crippen LogP contribution in [0.2, 0.25) is 5.02 Å². The van der Waals surface area contributed by atoms with E-state index in [0.29, 0.717) is 23.6 Å². The van der Waals surface area contributed by atoms with Gasteiger partial charge >= 0.3 is 0 Å². The highest BCUT2D eigenvalue weighted by Crippen LogP contribution is 2.43. The lowest BCUT2D eigenvalue weighted by molar-refractivity contribution is -0.0746. The van der Waals surface area contributed by atoms with Crippen LogP contribution < -0.4 is 4.74 Å². The maximum absolute atomic E-state index is 10.3. The number of methoxy groups -OCH3 is 1. The van der Waals surface area contributed by atoms with Gasteiger partial charge in [0.15, 0.2) is 0 Å². The maximum atomic E-state index is 10.3. The van der Waals surface area contributed by atoms with Gasteiger partial charge in [0.1, 0.15) is 11.4 Å². The first-order chi connectivity index (χ1) is 8.75. The maximum Gasteiger partial charge on any atom is 0.126 e. The van der Waals surface area contributed by atoms with Crippen LogP contribution >= 0.6 is 11.6 Å². The highest BCUT2D eigenvalue weighted by atomic mass is 35.5. The van der Waals surface area contributed by atoms with Crippen molar-refractivity contribution < 1.29 is 14.6 Å². The van der Waals surface area contributed by atoms with Crippen LogP contribution in [0.5, 0.6) is 5.75 Å². The molecular formula is C15H21ClO3. The fraction of sp³-hybridized carbons (Fsp3) is 0.600. The van der Waals surface area contributed by atoms with Crippen LogP contribution in [0.4, 0.5) is 0 Å². The second kappa shape index (κ2) is 4.97. The third-order valence-corrected chi connectivity index (χ3v) is 3.90. The van der Waals surface area contributed by atoms with E-state index in [1.807, 2.05) is 26.8 Å². The molecule has 19 heavy (non-hydrogen) atoms. The summed E-state index contributed by atoms with van der Waals surface area (Å²) in [6, 6.07) is 5.36. The van der Waals surface area contributed by atoms with Gasteiger partial charge in [-0.15, -0.1) is 0 Å². The van der Waals surface area contributed by atoms with E-state index in [0.717, 1.165) is 5.56 Å². The van der Waals surface area contributed by atoms with Gasteiger partial charge in [0.25, 0.3) is 0 Å². The number of halogens is 1. The molecule has 2 atom stereocenters. The van der Waals surface area contributed by atoms with Gasteiger partial charge in [0.2, 0.25) is 0 Å². The van der Waals surface area contributed by atoms with Gasteiger partial charge in [-0.1, -0.05) is 11.6 Å². The first kappa shape index (κ1) is 14.6. The van der Waals surface area contributed by atoms with Crippen LogP contribution in [0.3, 0.4) is 0 Å². The van der Waals surface area contributed by atoms with E-state index >= 15 is 0 Å². The molecule has 0 amide bonds. The Balaban J connectivity index is 2.27. The van der Waals surface area contributed by atoms with Crippen molar-refractivity contribution in [3.8, 4) is 5.75 Å². The molecule has 0 bridgehead atoms. The summed E-state index contributed by atoms with van der Waals surface area (Å²) in [5.41, 5.74) is 0.0261. The normalized spacial score (nSPS) is 26.7. The molecule has 0 aliphatic carbocycles. The van der Waals surface area contributed by atoms with Gasteiger partial charge in [-0.3, -0.25) is 0 Å². The molecule has 0 saturated heterocycles. The van der Waals surface area contributed by atoms with Gasteiger partial charge in [-0.05, 0) is 39.0 Å². The molecule has 0 fully saturated rings. The number of rotatable bonds is 3. The minimum atomic E-state index is -0.555. The summed E-state index contributed by atoms with van der Waals surface area (Å²) < 4.78 is 11.5. The molecule has 0 saturated carbocycles. The van der Waals surface area contributed by atoms with Crippen LogP contribution in [0, 0.1) is 0 Å². The number of fused-ring (bicyclic) bond motifs is 1. The summed E-state index contributed by atoms with van der Waals surface area (Å²) in [4.78, 5) is 0. The van der Waals surface area contributed by atoms with Gasteiger partial charge in [-0.2, -0.15) is 0 Å².